The van der Waals surface area contributed by atoms with Crippen LogP contribution in [0.25, 0.3) is 10.2 Å². The first-order valence-corrected chi connectivity index (χ1v) is 11.7. The van der Waals surface area contributed by atoms with E-state index in [0.29, 0.717) is 6.54 Å². The molecule has 0 aliphatic carbocycles. The zero-order valence-electron chi connectivity index (χ0n) is 17.1. The molecule has 1 aliphatic heterocycles. The Balaban J connectivity index is 1.46. The molecule has 0 unspecified atom stereocenters. The summed E-state index contributed by atoms with van der Waals surface area (Å²) in [4.78, 5) is 18.2. The van der Waals surface area contributed by atoms with Gasteiger partial charge in [-0.2, -0.15) is 12.6 Å². The van der Waals surface area contributed by atoms with E-state index in [4.69, 9.17) is 4.99 Å². The Kier molecular flexibility index (Phi) is 6.89. The summed E-state index contributed by atoms with van der Waals surface area (Å²) in [5, 5.41) is 7.22. The van der Waals surface area contributed by atoms with Gasteiger partial charge in [0.2, 0.25) is 5.91 Å². The van der Waals surface area contributed by atoms with Crippen molar-refractivity contribution in [1.82, 2.24) is 14.6 Å². The van der Waals surface area contributed by atoms with Gasteiger partial charge in [0, 0.05) is 38.1 Å². The number of para-hydroxylation sites is 1. The molecular weight excluding hydrogens is 414 g/mol. The quantitative estimate of drug-likeness (QED) is 0.549. The maximum Gasteiger partial charge on any atom is 0.240 e. The predicted octanol–water partition coefficient (Wildman–Crippen LogP) is 3.75. The van der Waals surface area contributed by atoms with Crippen molar-refractivity contribution < 1.29 is 4.79 Å². The predicted molar refractivity (Wildman–Crippen MR) is 127 cm³/mol. The number of rotatable bonds is 7. The summed E-state index contributed by atoms with van der Waals surface area (Å²) in [6.45, 7) is 3.23. The lowest BCUT2D eigenvalue weighted by atomic mass is 10.3. The zero-order valence-corrected chi connectivity index (χ0v) is 18.8. The van der Waals surface area contributed by atoms with Gasteiger partial charge in [-0.15, -0.1) is 0 Å². The second-order valence-corrected chi connectivity index (χ2v) is 8.87. The Morgan fingerprint density at radius 1 is 1.17 bits per heavy atom. The molecule has 1 aromatic heterocycles. The van der Waals surface area contributed by atoms with Gasteiger partial charge in [-0.1, -0.05) is 23.5 Å². The van der Waals surface area contributed by atoms with E-state index in [0.717, 1.165) is 41.6 Å². The van der Waals surface area contributed by atoms with Crippen LogP contribution in [0.3, 0.4) is 0 Å². The standard InChI is InChI=1S/C22H27N5OS2/c1-25(26-12-4-5-13-26)16-21(28)23-17-8-10-18(11-9-17)24-22-27(14-15-29)19-6-2-3-7-20(19)30-22/h2-3,6-11,29H,4-5,12-16H2,1H3,(H,23,28). The van der Waals surface area contributed by atoms with Crippen LogP contribution in [-0.4, -0.2) is 52.9 Å². The number of hydrogen-bond donors (Lipinski definition) is 2. The van der Waals surface area contributed by atoms with Crippen molar-refractivity contribution in [1.29, 1.82) is 0 Å². The number of nitrogens with one attached hydrogen (secondary N) is 1. The van der Waals surface area contributed by atoms with E-state index in [1.54, 1.807) is 11.3 Å². The van der Waals surface area contributed by atoms with E-state index in [-0.39, 0.29) is 5.91 Å². The highest BCUT2D eigenvalue weighted by molar-refractivity contribution is 7.80. The fraction of sp³-hybridized carbons (Fsp3) is 0.364. The summed E-state index contributed by atoms with van der Waals surface area (Å²) in [6.07, 6.45) is 2.40. The van der Waals surface area contributed by atoms with Crippen LogP contribution in [0.1, 0.15) is 12.8 Å². The van der Waals surface area contributed by atoms with E-state index < -0.39 is 0 Å². The fourth-order valence-electron chi connectivity index (χ4n) is 3.70. The van der Waals surface area contributed by atoms with Crippen LogP contribution >= 0.6 is 24.0 Å². The van der Waals surface area contributed by atoms with E-state index >= 15 is 0 Å². The maximum absolute atomic E-state index is 12.4. The van der Waals surface area contributed by atoms with Crippen LogP contribution in [-0.2, 0) is 11.3 Å². The number of hydrazine groups is 1. The molecule has 0 bridgehead atoms. The number of aryl methyl sites for hydroxylation is 1. The highest BCUT2D eigenvalue weighted by Crippen LogP contribution is 2.20. The number of hydrogen-bond acceptors (Lipinski definition) is 6. The van der Waals surface area contributed by atoms with Gasteiger partial charge in [0.25, 0.3) is 0 Å². The van der Waals surface area contributed by atoms with E-state index in [1.807, 2.05) is 48.5 Å². The van der Waals surface area contributed by atoms with Gasteiger partial charge in [0.15, 0.2) is 4.80 Å². The second kappa shape index (κ2) is 9.78. The average molecular weight is 442 g/mol. The van der Waals surface area contributed by atoms with Crippen LogP contribution in [0, 0.1) is 0 Å². The Labute approximate surface area is 186 Å². The molecule has 30 heavy (non-hydrogen) atoms. The normalized spacial score (nSPS) is 15.4. The maximum atomic E-state index is 12.4. The number of likely N-dealkylation sites (N-methyl/N-ethyl adjacent to an activating group) is 1. The minimum Gasteiger partial charge on any atom is -0.325 e. The zero-order chi connectivity index (χ0) is 20.9. The molecule has 1 amide bonds. The smallest absolute Gasteiger partial charge is 0.240 e. The van der Waals surface area contributed by atoms with Gasteiger partial charge in [0.1, 0.15) is 0 Å². The number of anilines is 1. The van der Waals surface area contributed by atoms with Crippen LogP contribution < -0.4 is 10.1 Å². The van der Waals surface area contributed by atoms with Crippen LogP contribution in [0.5, 0.6) is 0 Å². The molecule has 1 N–H and O–H groups in total. The number of aromatic nitrogens is 1. The van der Waals surface area contributed by atoms with Crippen LogP contribution in [0.15, 0.2) is 53.5 Å². The summed E-state index contributed by atoms with van der Waals surface area (Å²) < 4.78 is 3.42. The molecule has 1 aliphatic rings. The number of nitrogens with zero attached hydrogens (tertiary/aromatic N) is 4. The first kappa shape index (κ1) is 21.1. The number of thiazole rings is 1. The molecule has 158 valence electrons. The number of benzene rings is 2. The topological polar surface area (TPSA) is 52.9 Å². The molecule has 2 aromatic carbocycles. The molecule has 0 radical (unpaired) electrons. The Hall–Kier alpha value is -2.13. The molecule has 2 heterocycles. The Morgan fingerprint density at radius 2 is 1.90 bits per heavy atom. The van der Waals surface area contributed by atoms with Crippen molar-refractivity contribution in [2.24, 2.45) is 4.99 Å². The van der Waals surface area contributed by atoms with Crippen molar-refractivity contribution in [2.75, 3.05) is 37.8 Å². The van der Waals surface area contributed by atoms with Gasteiger partial charge < -0.3 is 9.88 Å². The van der Waals surface area contributed by atoms with Crippen LogP contribution in [0.4, 0.5) is 11.4 Å². The molecule has 0 spiro atoms. The Bertz CT molecular complexity index is 1070. The number of carbonyl (C=O) groups is 1. The van der Waals surface area contributed by atoms with Crippen molar-refractivity contribution in [3.8, 4) is 0 Å². The minimum atomic E-state index is -0.00906. The van der Waals surface area contributed by atoms with E-state index in [2.05, 4.69) is 39.7 Å². The summed E-state index contributed by atoms with van der Waals surface area (Å²) in [5.74, 6) is 0.746. The second-order valence-electron chi connectivity index (χ2n) is 7.41. The SMILES string of the molecule is CN(CC(=O)Nc1ccc(N=c2sc3ccccc3n2CCS)cc1)N1CCCC1. The molecule has 3 aromatic rings. The van der Waals surface area contributed by atoms with Gasteiger partial charge in [-0.05, 0) is 49.2 Å². The summed E-state index contributed by atoms with van der Waals surface area (Å²) in [6, 6.07) is 16.0. The first-order chi connectivity index (χ1) is 14.6. The van der Waals surface area contributed by atoms with Crippen molar-refractivity contribution >= 4 is 51.5 Å². The van der Waals surface area contributed by atoms with Crippen molar-refractivity contribution in [3.63, 3.8) is 0 Å². The van der Waals surface area contributed by atoms with Crippen molar-refractivity contribution in [2.45, 2.75) is 19.4 Å². The number of fused-ring (bicyclic) bond motifs is 1. The number of thiol groups is 1. The molecule has 6 nitrogen and oxygen atoms in total. The number of amides is 1. The van der Waals surface area contributed by atoms with Crippen molar-refractivity contribution in [3.05, 3.63) is 53.3 Å². The summed E-state index contributed by atoms with van der Waals surface area (Å²) in [5.41, 5.74) is 2.83. The van der Waals surface area contributed by atoms with Gasteiger partial charge >= 0.3 is 0 Å². The lowest BCUT2D eigenvalue weighted by Crippen LogP contribution is -2.42. The molecule has 0 saturated carbocycles. The van der Waals surface area contributed by atoms with Gasteiger partial charge in [0.05, 0.1) is 22.4 Å². The molecule has 1 saturated heterocycles. The monoisotopic (exact) mass is 441 g/mol. The molecular formula is C22H27N5OS2. The minimum absolute atomic E-state index is 0.00906. The highest BCUT2D eigenvalue weighted by atomic mass is 32.1. The molecule has 1 fully saturated rings. The van der Waals surface area contributed by atoms with Crippen LogP contribution in [0.2, 0.25) is 0 Å². The largest absolute Gasteiger partial charge is 0.325 e. The average Bonchev–Trinajstić information content (AvgIpc) is 3.39. The highest BCUT2D eigenvalue weighted by Gasteiger charge is 2.18. The molecule has 4 rings (SSSR count). The third-order valence-electron chi connectivity index (χ3n) is 5.23. The molecule has 0 atom stereocenters. The van der Waals surface area contributed by atoms with Gasteiger partial charge in [-0.25, -0.2) is 15.0 Å². The Morgan fingerprint density at radius 3 is 2.63 bits per heavy atom. The fourth-order valence-corrected chi connectivity index (χ4v) is 4.98. The third-order valence-corrected chi connectivity index (χ3v) is 6.48. The summed E-state index contributed by atoms with van der Waals surface area (Å²) >= 11 is 6.07. The lowest BCUT2D eigenvalue weighted by molar-refractivity contribution is -0.120. The first-order valence-electron chi connectivity index (χ1n) is 10.2. The lowest BCUT2D eigenvalue weighted by Gasteiger charge is -2.26. The van der Waals surface area contributed by atoms with E-state index in [1.165, 1.54) is 23.1 Å². The van der Waals surface area contributed by atoms with E-state index in [9.17, 15) is 4.79 Å². The third kappa shape index (κ3) is 4.95. The number of carbonyl (C=O) groups excluding carboxylic acids is 1. The molecule has 8 heteroatoms. The van der Waals surface area contributed by atoms with Gasteiger partial charge in [-0.3, -0.25) is 4.79 Å². The summed E-state index contributed by atoms with van der Waals surface area (Å²) in [7, 11) is 1.97.